The third-order valence-electron chi connectivity index (χ3n) is 4.45. The lowest BCUT2D eigenvalue weighted by molar-refractivity contribution is -0.111. The van der Waals surface area contributed by atoms with Crippen LogP contribution in [0.1, 0.15) is 21.5 Å². The number of carbonyl (C=O) groups excluding carboxylic acids is 2. The zero-order valence-electron chi connectivity index (χ0n) is 17.1. The molecule has 3 aromatic rings. The van der Waals surface area contributed by atoms with Crippen LogP contribution in [0.3, 0.4) is 0 Å². The van der Waals surface area contributed by atoms with Crippen molar-refractivity contribution in [2.75, 3.05) is 12.4 Å². The van der Waals surface area contributed by atoms with E-state index in [1.165, 1.54) is 31.4 Å². The summed E-state index contributed by atoms with van der Waals surface area (Å²) in [6.45, 7) is 0.0355. The van der Waals surface area contributed by atoms with Gasteiger partial charge in [0.15, 0.2) is 11.5 Å². The fraction of sp³-hybridized carbons (Fsp3) is 0.0833. The predicted octanol–water partition coefficient (Wildman–Crippen LogP) is 4.93. The highest BCUT2D eigenvalue weighted by molar-refractivity contribution is 9.10. The number of anilines is 1. The van der Waals surface area contributed by atoms with Gasteiger partial charge in [0.05, 0.1) is 11.6 Å². The molecule has 0 fully saturated rings. The summed E-state index contributed by atoms with van der Waals surface area (Å²) in [5.74, 6) is -0.391. The zero-order valence-corrected chi connectivity index (χ0v) is 18.7. The monoisotopic (exact) mass is 498 g/mol. The quantitative estimate of drug-likeness (QED) is 0.431. The lowest BCUT2D eigenvalue weighted by Crippen LogP contribution is -2.11. The molecule has 0 atom stereocenters. The van der Waals surface area contributed by atoms with Crippen LogP contribution in [0.2, 0.25) is 0 Å². The first-order chi connectivity index (χ1) is 15.4. The molecule has 6 nitrogen and oxygen atoms in total. The van der Waals surface area contributed by atoms with E-state index in [4.69, 9.17) is 15.2 Å². The minimum Gasteiger partial charge on any atom is -0.493 e. The Kier molecular flexibility index (Phi) is 7.62. The Morgan fingerprint density at radius 1 is 1.12 bits per heavy atom. The van der Waals surface area contributed by atoms with Crippen molar-refractivity contribution in [1.82, 2.24) is 0 Å². The van der Waals surface area contributed by atoms with Crippen LogP contribution in [0.5, 0.6) is 11.5 Å². The van der Waals surface area contributed by atoms with Gasteiger partial charge in [0, 0.05) is 22.9 Å². The van der Waals surface area contributed by atoms with Crippen molar-refractivity contribution in [3.63, 3.8) is 0 Å². The predicted molar refractivity (Wildman–Crippen MR) is 124 cm³/mol. The topological polar surface area (TPSA) is 90.6 Å². The minimum atomic E-state index is -0.538. The van der Waals surface area contributed by atoms with Crippen LogP contribution in [0, 0.1) is 5.82 Å². The zero-order chi connectivity index (χ0) is 23.1. The number of methoxy groups -OCH3 is 1. The lowest BCUT2D eigenvalue weighted by Gasteiger charge is -2.14. The summed E-state index contributed by atoms with van der Waals surface area (Å²) in [6.07, 6.45) is 2.98. The summed E-state index contributed by atoms with van der Waals surface area (Å²) >= 11 is 3.44. The number of carbonyl (C=O) groups is 2. The van der Waals surface area contributed by atoms with Crippen LogP contribution in [0.15, 0.2) is 71.2 Å². The summed E-state index contributed by atoms with van der Waals surface area (Å²) in [5, 5.41) is 2.70. The molecule has 3 aromatic carbocycles. The highest BCUT2D eigenvalue weighted by Crippen LogP contribution is 2.37. The van der Waals surface area contributed by atoms with Crippen LogP contribution in [-0.2, 0) is 11.4 Å². The number of ether oxygens (including phenoxy) is 2. The van der Waals surface area contributed by atoms with Crippen LogP contribution in [-0.4, -0.2) is 18.9 Å². The van der Waals surface area contributed by atoms with Gasteiger partial charge >= 0.3 is 0 Å². The van der Waals surface area contributed by atoms with E-state index in [-0.39, 0.29) is 18.3 Å². The first-order valence-electron chi connectivity index (χ1n) is 9.50. The number of hydrogen-bond donors (Lipinski definition) is 2. The van der Waals surface area contributed by atoms with E-state index in [0.29, 0.717) is 38.3 Å². The number of amides is 2. The van der Waals surface area contributed by atoms with Crippen molar-refractivity contribution in [2.45, 2.75) is 6.61 Å². The molecule has 164 valence electrons. The van der Waals surface area contributed by atoms with Crippen molar-refractivity contribution in [2.24, 2.45) is 5.73 Å². The first-order valence-corrected chi connectivity index (χ1v) is 10.3. The van der Waals surface area contributed by atoms with Gasteiger partial charge in [0.25, 0.3) is 0 Å². The molecule has 0 aliphatic rings. The van der Waals surface area contributed by atoms with E-state index in [1.807, 2.05) is 0 Å². The number of nitrogens with one attached hydrogen (secondary N) is 1. The SMILES string of the molecule is COc1cc(/C=C/C(=O)Nc2ccc(C(N)=O)cc2)cc(Br)c1OCc1ccccc1F. The number of benzene rings is 3. The van der Waals surface area contributed by atoms with Crippen LogP contribution in [0.4, 0.5) is 10.1 Å². The largest absolute Gasteiger partial charge is 0.493 e. The molecule has 2 amide bonds. The summed E-state index contributed by atoms with van der Waals surface area (Å²) in [4.78, 5) is 23.3. The number of primary amides is 1. The van der Waals surface area contributed by atoms with Gasteiger partial charge in [-0.3, -0.25) is 9.59 Å². The summed E-state index contributed by atoms with van der Waals surface area (Å²) in [6, 6.07) is 16.1. The van der Waals surface area contributed by atoms with Crippen LogP contribution >= 0.6 is 15.9 Å². The molecule has 0 saturated heterocycles. The molecule has 0 aliphatic heterocycles. The molecule has 0 saturated carbocycles. The smallest absolute Gasteiger partial charge is 0.248 e. The molecular weight excluding hydrogens is 479 g/mol. The van der Waals surface area contributed by atoms with E-state index in [0.717, 1.165) is 0 Å². The average molecular weight is 499 g/mol. The first kappa shape index (κ1) is 23.0. The molecule has 8 heteroatoms. The molecule has 0 aliphatic carbocycles. The Balaban J connectivity index is 1.69. The van der Waals surface area contributed by atoms with Crippen molar-refractivity contribution in [3.05, 3.63) is 93.7 Å². The summed E-state index contributed by atoms with van der Waals surface area (Å²) in [5.41, 5.74) is 7.19. The Hall–Kier alpha value is -3.65. The Morgan fingerprint density at radius 2 is 1.84 bits per heavy atom. The van der Waals surface area contributed by atoms with Gasteiger partial charge in [-0.1, -0.05) is 18.2 Å². The van der Waals surface area contributed by atoms with Crippen LogP contribution in [0.25, 0.3) is 6.08 Å². The van der Waals surface area contributed by atoms with Crippen molar-refractivity contribution >= 4 is 39.5 Å². The fourth-order valence-corrected chi connectivity index (χ4v) is 3.39. The number of hydrogen-bond acceptors (Lipinski definition) is 4. The molecule has 3 N–H and O–H groups in total. The van der Waals surface area contributed by atoms with Gasteiger partial charge in [-0.15, -0.1) is 0 Å². The molecule has 0 spiro atoms. The van der Waals surface area contributed by atoms with Crippen molar-refractivity contribution < 1.29 is 23.5 Å². The van der Waals surface area contributed by atoms with E-state index < -0.39 is 5.91 Å². The molecule has 3 rings (SSSR count). The van der Waals surface area contributed by atoms with E-state index in [9.17, 15) is 14.0 Å². The van der Waals surface area contributed by atoms with E-state index >= 15 is 0 Å². The third kappa shape index (κ3) is 5.95. The Morgan fingerprint density at radius 3 is 2.50 bits per heavy atom. The van der Waals surface area contributed by atoms with Gasteiger partial charge in [-0.25, -0.2) is 4.39 Å². The third-order valence-corrected chi connectivity index (χ3v) is 5.03. The van der Waals surface area contributed by atoms with Crippen LogP contribution < -0.4 is 20.5 Å². The second kappa shape index (κ2) is 10.6. The summed E-state index contributed by atoms with van der Waals surface area (Å²) < 4.78 is 25.6. The van der Waals surface area contributed by atoms with Gasteiger partial charge in [0.1, 0.15) is 12.4 Å². The number of rotatable bonds is 8. The molecule has 0 bridgehead atoms. The van der Waals surface area contributed by atoms with E-state index in [2.05, 4.69) is 21.2 Å². The van der Waals surface area contributed by atoms with E-state index in [1.54, 1.807) is 48.5 Å². The second-order valence-electron chi connectivity index (χ2n) is 6.68. The molecule has 32 heavy (non-hydrogen) atoms. The fourth-order valence-electron chi connectivity index (χ4n) is 2.82. The molecule has 0 aromatic heterocycles. The van der Waals surface area contributed by atoms with Gasteiger partial charge in [0.2, 0.25) is 11.8 Å². The maximum absolute atomic E-state index is 13.8. The van der Waals surface area contributed by atoms with Gasteiger partial charge in [-0.05, 0) is 70.0 Å². The minimum absolute atomic E-state index is 0.0355. The molecule has 0 unspecified atom stereocenters. The maximum atomic E-state index is 13.8. The van der Waals surface area contributed by atoms with Gasteiger partial charge < -0.3 is 20.5 Å². The number of nitrogens with two attached hydrogens (primary N) is 1. The Bertz CT molecular complexity index is 1160. The second-order valence-corrected chi connectivity index (χ2v) is 7.53. The molecule has 0 heterocycles. The Labute approximate surface area is 193 Å². The molecular formula is C24H20BrFN2O4. The van der Waals surface area contributed by atoms with Crippen molar-refractivity contribution in [1.29, 1.82) is 0 Å². The highest BCUT2D eigenvalue weighted by atomic mass is 79.9. The average Bonchev–Trinajstić information content (AvgIpc) is 2.78. The lowest BCUT2D eigenvalue weighted by atomic mass is 10.1. The standard InChI is InChI=1S/C24H20BrFN2O4/c1-31-21-13-15(6-11-22(29)28-18-9-7-16(8-10-18)24(27)30)12-19(25)23(21)32-14-17-4-2-3-5-20(17)26/h2-13H,14H2,1H3,(H2,27,30)(H,28,29)/b11-6+. The normalized spacial score (nSPS) is 10.7. The number of halogens is 2. The maximum Gasteiger partial charge on any atom is 0.248 e. The summed E-state index contributed by atoms with van der Waals surface area (Å²) in [7, 11) is 1.49. The molecule has 0 radical (unpaired) electrons. The van der Waals surface area contributed by atoms with Crippen molar-refractivity contribution in [3.8, 4) is 11.5 Å². The van der Waals surface area contributed by atoms with Gasteiger partial charge in [-0.2, -0.15) is 0 Å². The highest BCUT2D eigenvalue weighted by Gasteiger charge is 2.12.